The van der Waals surface area contributed by atoms with Crippen LogP contribution in [0.25, 0.3) is 0 Å². The Morgan fingerprint density at radius 2 is 1.76 bits per heavy atom. The maximum atomic E-state index is 13.8. The zero-order chi connectivity index (χ0) is 15.6. The van der Waals surface area contributed by atoms with Crippen LogP contribution in [-0.2, 0) is 0 Å². The molecule has 0 radical (unpaired) electrons. The Bertz CT molecular complexity index is 677. The Morgan fingerprint density at radius 3 is 2.43 bits per heavy atom. The van der Waals surface area contributed by atoms with Gasteiger partial charge in [-0.1, -0.05) is 0 Å². The van der Waals surface area contributed by atoms with Crippen molar-refractivity contribution < 1.29 is 8.78 Å². The van der Waals surface area contributed by atoms with E-state index in [1.807, 2.05) is 13.8 Å². The summed E-state index contributed by atoms with van der Waals surface area (Å²) in [5.41, 5.74) is 0.911. The van der Waals surface area contributed by atoms with Crippen LogP contribution in [-0.4, -0.2) is 16.5 Å². The summed E-state index contributed by atoms with van der Waals surface area (Å²) in [7, 11) is 0. The van der Waals surface area contributed by atoms with E-state index in [0.717, 1.165) is 11.6 Å². The third kappa shape index (κ3) is 3.47. The highest BCUT2D eigenvalue weighted by Crippen LogP contribution is 2.28. The Labute approximate surface area is 130 Å². The van der Waals surface area contributed by atoms with Gasteiger partial charge in [0.05, 0.1) is 10.2 Å². The lowest BCUT2D eigenvalue weighted by Crippen LogP contribution is -2.08. The Balaban J connectivity index is 2.42. The largest absolute Gasteiger partial charge is 0.370 e. The maximum absolute atomic E-state index is 13.8. The first kappa shape index (κ1) is 15.6. The number of benzene rings is 1. The van der Waals surface area contributed by atoms with Gasteiger partial charge in [-0.3, -0.25) is 0 Å². The summed E-state index contributed by atoms with van der Waals surface area (Å²) in [6, 6.07) is 2.16. The van der Waals surface area contributed by atoms with Crippen LogP contribution >= 0.6 is 15.9 Å². The smallest absolute Gasteiger partial charge is 0.149 e. The fourth-order valence-electron chi connectivity index (χ4n) is 1.84. The number of anilines is 3. The number of hydrogen-bond donors (Lipinski definition) is 2. The number of aryl methyl sites for hydroxylation is 1. The molecule has 0 fully saturated rings. The molecular formula is C14H15BrF2N4. The summed E-state index contributed by atoms with van der Waals surface area (Å²) in [6.45, 7) is 6.26. The number of hydrogen-bond acceptors (Lipinski definition) is 4. The van der Waals surface area contributed by atoms with Crippen molar-refractivity contribution in [2.24, 2.45) is 0 Å². The van der Waals surface area contributed by atoms with Gasteiger partial charge >= 0.3 is 0 Å². The third-order valence-corrected chi connectivity index (χ3v) is 3.47. The minimum atomic E-state index is -0.684. The van der Waals surface area contributed by atoms with Gasteiger partial charge in [-0.25, -0.2) is 18.7 Å². The molecule has 7 heteroatoms. The number of rotatable bonds is 4. The SMILES string of the molecule is CCNc1nc(C)nc(Nc2cc(Br)c(F)cc2F)c1C. The molecule has 2 aromatic rings. The number of nitrogens with zero attached hydrogens (tertiary/aromatic N) is 2. The standard InChI is InChI=1S/C14H15BrF2N4/c1-4-18-13-7(2)14(20-8(3)19-13)21-12-5-9(15)10(16)6-11(12)17/h5-6H,4H2,1-3H3,(H2,18,19,20,21). The molecule has 0 atom stereocenters. The van der Waals surface area contributed by atoms with Gasteiger partial charge in [0, 0.05) is 18.2 Å². The van der Waals surface area contributed by atoms with Crippen LogP contribution in [0, 0.1) is 25.5 Å². The summed E-state index contributed by atoms with van der Waals surface area (Å²) in [5.74, 6) is 0.393. The molecule has 0 bridgehead atoms. The van der Waals surface area contributed by atoms with E-state index >= 15 is 0 Å². The minimum absolute atomic E-state index is 0.145. The molecule has 0 saturated carbocycles. The predicted molar refractivity (Wildman–Crippen MR) is 83.0 cm³/mol. The molecule has 4 nitrogen and oxygen atoms in total. The average Bonchev–Trinajstić information content (AvgIpc) is 2.41. The molecule has 1 aromatic heterocycles. The number of nitrogens with one attached hydrogen (secondary N) is 2. The Kier molecular flexibility index (Phi) is 4.72. The van der Waals surface area contributed by atoms with Crippen LogP contribution in [0.3, 0.4) is 0 Å². The summed E-state index contributed by atoms with van der Waals surface area (Å²) in [4.78, 5) is 8.56. The van der Waals surface area contributed by atoms with Crippen LogP contribution in [0.15, 0.2) is 16.6 Å². The van der Waals surface area contributed by atoms with E-state index in [9.17, 15) is 8.78 Å². The second kappa shape index (κ2) is 6.34. The van der Waals surface area contributed by atoms with Gasteiger partial charge in [-0.2, -0.15) is 0 Å². The zero-order valence-electron chi connectivity index (χ0n) is 11.9. The van der Waals surface area contributed by atoms with E-state index < -0.39 is 11.6 Å². The summed E-state index contributed by atoms with van der Waals surface area (Å²) in [6.07, 6.45) is 0. The zero-order valence-corrected chi connectivity index (χ0v) is 13.5. The molecule has 1 aromatic carbocycles. The first-order chi connectivity index (χ1) is 9.92. The fraction of sp³-hybridized carbons (Fsp3) is 0.286. The van der Waals surface area contributed by atoms with Gasteiger partial charge < -0.3 is 10.6 Å². The molecule has 112 valence electrons. The van der Waals surface area contributed by atoms with E-state index in [-0.39, 0.29) is 10.2 Å². The van der Waals surface area contributed by atoms with Crippen molar-refractivity contribution in [3.8, 4) is 0 Å². The number of halogens is 3. The quantitative estimate of drug-likeness (QED) is 0.801. The molecule has 0 aliphatic heterocycles. The molecule has 0 spiro atoms. The van der Waals surface area contributed by atoms with Gasteiger partial charge in [0.25, 0.3) is 0 Å². The third-order valence-electron chi connectivity index (χ3n) is 2.86. The first-order valence-electron chi connectivity index (χ1n) is 6.43. The highest BCUT2D eigenvalue weighted by Gasteiger charge is 2.13. The van der Waals surface area contributed by atoms with E-state index in [2.05, 4.69) is 36.5 Å². The van der Waals surface area contributed by atoms with Crippen LogP contribution < -0.4 is 10.6 Å². The molecule has 2 rings (SSSR count). The van der Waals surface area contributed by atoms with Crippen molar-refractivity contribution in [2.45, 2.75) is 20.8 Å². The normalized spacial score (nSPS) is 10.6. The summed E-state index contributed by atoms with van der Waals surface area (Å²) >= 11 is 3.04. The molecule has 0 unspecified atom stereocenters. The number of aromatic nitrogens is 2. The molecule has 0 saturated heterocycles. The van der Waals surface area contributed by atoms with Gasteiger partial charge in [0.1, 0.15) is 29.1 Å². The Hall–Kier alpha value is -1.76. The highest BCUT2D eigenvalue weighted by atomic mass is 79.9. The molecular weight excluding hydrogens is 342 g/mol. The van der Waals surface area contributed by atoms with Gasteiger partial charge in [0.2, 0.25) is 0 Å². The van der Waals surface area contributed by atoms with Gasteiger partial charge in [0.15, 0.2) is 0 Å². The van der Waals surface area contributed by atoms with Gasteiger partial charge in [-0.05, 0) is 42.8 Å². The lowest BCUT2D eigenvalue weighted by molar-refractivity contribution is 0.581. The van der Waals surface area contributed by atoms with Gasteiger partial charge in [-0.15, -0.1) is 0 Å². The van der Waals surface area contributed by atoms with Crippen molar-refractivity contribution in [3.05, 3.63) is 39.6 Å². The minimum Gasteiger partial charge on any atom is -0.370 e. The van der Waals surface area contributed by atoms with E-state index in [1.54, 1.807) is 6.92 Å². The van der Waals surface area contributed by atoms with Crippen molar-refractivity contribution in [2.75, 3.05) is 17.2 Å². The van der Waals surface area contributed by atoms with E-state index in [1.165, 1.54) is 6.07 Å². The lowest BCUT2D eigenvalue weighted by Gasteiger charge is -2.14. The van der Waals surface area contributed by atoms with E-state index in [0.29, 0.717) is 24.0 Å². The maximum Gasteiger partial charge on any atom is 0.149 e. The summed E-state index contributed by atoms with van der Waals surface area (Å²) < 4.78 is 27.3. The van der Waals surface area contributed by atoms with Crippen molar-refractivity contribution in [1.82, 2.24) is 9.97 Å². The lowest BCUT2D eigenvalue weighted by atomic mass is 10.2. The summed E-state index contributed by atoms with van der Waals surface area (Å²) in [5, 5.41) is 6.01. The predicted octanol–water partition coefficient (Wildman–Crippen LogP) is 4.31. The fourth-order valence-corrected chi connectivity index (χ4v) is 2.18. The topological polar surface area (TPSA) is 49.8 Å². The first-order valence-corrected chi connectivity index (χ1v) is 7.22. The van der Waals surface area contributed by atoms with Crippen molar-refractivity contribution in [1.29, 1.82) is 0 Å². The molecule has 0 aliphatic carbocycles. The van der Waals surface area contributed by atoms with Crippen LogP contribution in [0.4, 0.5) is 26.1 Å². The Morgan fingerprint density at radius 1 is 1.10 bits per heavy atom. The van der Waals surface area contributed by atoms with Crippen LogP contribution in [0.2, 0.25) is 0 Å². The monoisotopic (exact) mass is 356 g/mol. The van der Waals surface area contributed by atoms with Crippen molar-refractivity contribution in [3.63, 3.8) is 0 Å². The molecule has 1 heterocycles. The van der Waals surface area contributed by atoms with Crippen LogP contribution in [0.5, 0.6) is 0 Å². The molecule has 21 heavy (non-hydrogen) atoms. The van der Waals surface area contributed by atoms with Crippen LogP contribution in [0.1, 0.15) is 18.3 Å². The second-order valence-electron chi connectivity index (χ2n) is 4.49. The molecule has 0 aliphatic rings. The second-order valence-corrected chi connectivity index (χ2v) is 5.35. The average molecular weight is 357 g/mol. The van der Waals surface area contributed by atoms with Crippen molar-refractivity contribution >= 4 is 33.3 Å². The molecule has 0 amide bonds. The highest BCUT2D eigenvalue weighted by molar-refractivity contribution is 9.10. The molecule has 2 N–H and O–H groups in total. The van der Waals surface area contributed by atoms with E-state index in [4.69, 9.17) is 0 Å².